The minimum Gasteiger partial charge on any atom is -0.378 e. The van der Waals surface area contributed by atoms with E-state index in [1.807, 2.05) is 13.8 Å². The van der Waals surface area contributed by atoms with Crippen molar-refractivity contribution in [3.05, 3.63) is 0 Å². The molecule has 3 N–H and O–H groups in total. The van der Waals surface area contributed by atoms with Gasteiger partial charge in [-0.1, -0.05) is 27.7 Å². The summed E-state index contributed by atoms with van der Waals surface area (Å²) >= 11 is 0. The Balaban J connectivity index is -0.000000232. The van der Waals surface area contributed by atoms with E-state index in [1.165, 1.54) is 0 Å². The van der Waals surface area contributed by atoms with Crippen LogP contribution in [0.4, 0.5) is 0 Å². The van der Waals surface area contributed by atoms with Gasteiger partial charge in [0.2, 0.25) is 0 Å². The fourth-order valence-electron chi connectivity index (χ4n) is 0.940. The molecule has 4 heteroatoms. The molecular weight excluding hydrogens is 204 g/mol. The maximum Gasteiger partial charge on any atom is 0.0701 e. The van der Waals surface area contributed by atoms with Gasteiger partial charge in [0, 0.05) is 15.9 Å². The summed E-state index contributed by atoms with van der Waals surface area (Å²) < 4.78 is 10.5. The highest BCUT2D eigenvalue weighted by molar-refractivity contribution is 4.49. The molecule has 0 saturated heterocycles. The molecule has 0 rings (SSSR count). The molecule has 0 unspecified atom stereocenters. The van der Waals surface area contributed by atoms with E-state index in [2.05, 4.69) is 19.2 Å². The molecule has 0 radical (unpaired) electrons. The Kier molecular flexibility index (Phi) is 19.6. The lowest BCUT2D eigenvalue weighted by Crippen LogP contribution is -2.24. The Hall–Kier alpha value is -0.160. The van der Waals surface area contributed by atoms with Crippen LogP contribution in [0.25, 0.3) is 0 Å². The second-order valence-electron chi connectivity index (χ2n) is 3.61. The summed E-state index contributed by atoms with van der Waals surface area (Å²) in [5, 5.41) is 3.30. The van der Waals surface area contributed by atoms with Crippen molar-refractivity contribution in [2.24, 2.45) is 11.7 Å². The van der Waals surface area contributed by atoms with Crippen LogP contribution in [0.1, 0.15) is 30.5 Å². The van der Waals surface area contributed by atoms with Crippen molar-refractivity contribution in [2.75, 3.05) is 46.1 Å². The number of rotatable bonds is 10. The van der Waals surface area contributed by atoms with Crippen molar-refractivity contribution in [3.8, 4) is 0 Å². The average molecular weight is 238 g/mol. The summed E-state index contributed by atoms with van der Waals surface area (Å²) in [5.74, 6) is 0.697. The van der Waals surface area contributed by atoms with Crippen molar-refractivity contribution in [1.82, 2.24) is 5.32 Å². The molecule has 0 aliphatic carbocycles. The molecule has 0 aromatic carbocycles. The summed E-state index contributed by atoms with van der Waals surface area (Å²) in [6.45, 7) is 13.6. The normalized spacial score (nSPS) is 10.1. The zero-order chi connectivity index (χ0) is 12.6. The maximum atomic E-state index is 5.33. The third-order valence-electron chi connectivity index (χ3n) is 1.61. The third kappa shape index (κ3) is 19.4. The van der Waals surface area contributed by atoms with E-state index in [-0.39, 0.29) is 2.85 Å². The maximum absolute atomic E-state index is 5.33. The lowest BCUT2D eigenvalue weighted by atomic mass is 10.2. The lowest BCUT2D eigenvalue weighted by Gasteiger charge is -2.08. The predicted octanol–water partition coefficient (Wildman–Crippen LogP) is 1.74. The van der Waals surface area contributed by atoms with Gasteiger partial charge >= 0.3 is 0 Å². The number of hydrogen-bond acceptors (Lipinski definition) is 4. The van der Waals surface area contributed by atoms with Gasteiger partial charge in [0.25, 0.3) is 0 Å². The van der Waals surface area contributed by atoms with Gasteiger partial charge in [-0.05, 0) is 12.5 Å². The fraction of sp³-hybridized carbons (Fsp3) is 1.00. The van der Waals surface area contributed by atoms with Gasteiger partial charge in [-0.25, -0.2) is 0 Å². The van der Waals surface area contributed by atoms with Crippen molar-refractivity contribution in [1.29, 1.82) is 0 Å². The first-order valence-corrected chi connectivity index (χ1v) is 6.33. The smallest absolute Gasteiger partial charge is 0.0701 e. The molecule has 0 atom stereocenters. The van der Waals surface area contributed by atoms with Gasteiger partial charge in [-0.2, -0.15) is 0 Å². The Morgan fingerprint density at radius 3 is 2.12 bits per heavy atom. The van der Waals surface area contributed by atoms with Crippen LogP contribution in [0, 0.1) is 5.92 Å². The van der Waals surface area contributed by atoms with Crippen molar-refractivity contribution in [2.45, 2.75) is 27.7 Å². The number of nitrogens with two attached hydrogens (primary N) is 1. The first kappa shape index (κ1) is 18.2. The monoisotopic (exact) mass is 238 g/mol. The molecule has 0 aliphatic heterocycles. The summed E-state index contributed by atoms with van der Waals surface area (Å²) in [5.41, 5.74) is 5.26. The van der Waals surface area contributed by atoms with Crippen LogP contribution in [0.5, 0.6) is 0 Å². The Morgan fingerprint density at radius 1 is 1.06 bits per heavy atom. The zero-order valence-electron chi connectivity index (χ0n) is 11.4. The largest absolute Gasteiger partial charge is 0.378 e. The molecule has 0 fully saturated rings. The van der Waals surface area contributed by atoms with Crippen LogP contribution in [-0.2, 0) is 9.47 Å². The highest BCUT2D eigenvalue weighted by Gasteiger charge is 1.92. The second-order valence-corrected chi connectivity index (χ2v) is 3.61. The molecule has 0 aliphatic rings. The number of hydrogen-bond donors (Lipinski definition) is 2. The molecule has 4 nitrogen and oxygen atoms in total. The first-order valence-electron chi connectivity index (χ1n) is 6.33. The van der Waals surface area contributed by atoms with Gasteiger partial charge in [0.15, 0.2) is 0 Å². The molecule has 0 saturated carbocycles. The van der Waals surface area contributed by atoms with E-state index >= 15 is 0 Å². The van der Waals surface area contributed by atoms with Gasteiger partial charge in [0.05, 0.1) is 26.4 Å². The number of ether oxygens (including phenoxy) is 2. The van der Waals surface area contributed by atoms with Crippen LogP contribution >= 0.6 is 0 Å². The first-order chi connectivity index (χ1) is 7.77. The van der Waals surface area contributed by atoms with Crippen molar-refractivity contribution >= 4 is 0 Å². The summed E-state index contributed by atoms with van der Waals surface area (Å²) in [4.78, 5) is 0. The predicted molar refractivity (Wildman–Crippen MR) is 74.0 cm³/mol. The van der Waals surface area contributed by atoms with E-state index in [0.717, 1.165) is 19.7 Å². The minimum absolute atomic E-state index is 0. The molecule has 0 heterocycles. The van der Waals surface area contributed by atoms with Gasteiger partial charge in [-0.3, -0.25) is 0 Å². The molecule has 0 aromatic heterocycles. The molecule has 0 amide bonds. The molecule has 0 bridgehead atoms. The third-order valence-corrected chi connectivity index (χ3v) is 1.61. The molecule has 104 valence electrons. The van der Waals surface area contributed by atoms with E-state index in [1.54, 1.807) is 0 Å². The second kappa shape index (κ2) is 17.2. The van der Waals surface area contributed by atoms with Gasteiger partial charge in [-0.15, -0.1) is 0 Å². The molecule has 0 aromatic rings. The standard InChI is InChI=1S/C10H24N2O2.C2H6.2H2/c1-10(2)9-12-4-6-14-8-7-13-5-3-11;1-2;;/h10,12H,3-9,11H2,1-2H3;1-2H3;2*1H. The number of nitrogens with one attached hydrogen (secondary N) is 1. The Bertz CT molecular complexity index is 120. The minimum atomic E-state index is 0. The Morgan fingerprint density at radius 2 is 1.62 bits per heavy atom. The van der Waals surface area contributed by atoms with Crippen molar-refractivity contribution in [3.63, 3.8) is 0 Å². The van der Waals surface area contributed by atoms with E-state index in [0.29, 0.717) is 32.3 Å². The van der Waals surface area contributed by atoms with E-state index in [9.17, 15) is 0 Å². The van der Waals surface area contributed by atoms with Gasteiger partial charge in [0.1, 0.15) is 0 Å². The van der Waals surface area contributed by atoms with Crippen LogP contribution in [0.15, 0.2) is 0 Å². The van der Waals surface area contributed by atoms with Gasteiger partial charge < -0.3 is 20.5 Å². The molecular formula is C12H34N2O2. The quantitative estimate of drug-likeness (QED) is 0.569. The fourth-order valence-corrected chi connectivity index (χ4v) is 0.940. The highest BCUT2D eigenvalue weighted by Crippen LogP contribution is 1.86. The van der Waals surface area contributed by atoms with E-state index in [4.69, 9.17) is 15.2 Å². The van der Waals surface area contributed by atoms with E-state index < -0.39 is 0 Å². The molecule has 16 heavy (non-hydrogen) atoms. The van der Waals surface area contributed by atoms with Crippen LogP contribution < -0.4 is 11.1 Å². The molecule has 0 spiro atoms. The summed E-state index contributed by atoms with van der Waals surface area (Å²) in [6, 6.07) is 0. The average Bonchev–Trinajstić information content (AvgIpc) is 2.29. The Labute approximate surface area is 104 Å². The highest BCUT2D eigenvalue weighted by atomic mass is 16.5. The van der Waals surface area contributed by atoms with Crippen LogP contribution in [0.2, 0.25) is 0 Å². The van der Waals surface area contributed by atoms with Crippen molar-refractivity contribution < 1.29 is 12.3 Å². The lowest BCUT2D eigenvalue weighted by molar-refractivity contribution is 0.0517. The summed E-state index contributed by atoms with van der Waals surface area (Å²) in [7, 11) is 0. The van der Waals surface area contributed by atoms with Crippen LogP contribution in [0.3, 0.4) is 0 Å². The summed E-state index contributed by atoms with van der Waals surface area (Å²) in [6.07, 6.45) is 0. The van der Waals surface area contributed by atoms with Crippen LogP contribution in [-0.4, -0.2) is 46.1 Å². The SMILES string of the molecule is CC.CC(C)CNCCOCCOCCN.[HH].[HH]. The topological polar surface area (TPSA) is 56.5 Å². The zero-order valence-corrected chi connectivity index (χ0v) is 11.4.